The molecule has 0 aliphatic heterocycles. The Labute approximate surface area is 149 Å². The van der Waals surface area contributed by atoms with E-state index in [1.54, 1.807) is 11.3 Å². The molecule has 3 nitrogen and oxygen atoms in total. The van der Waals surface area contributed by atoms with E-state index in [1.807, 2.05) is 6.07 Å². The number of carbonyl (C=O) groups excluding carboxylic acids is 1. The van der Waals surface area contributed by atoms with Crippen molar-refractivity contribution in [1.82, 2.24) is 5.32 Å². The summed E-state index contributed by atoms with van der Waals surface area (Å²) in [5.41, 5.74) is 3.82. The first-order valence-corrected chi connectivity index (χ1v) is 9.62. The first kappa shape index (κ1) is 18.7. The van der Waals surface area contributed by atoms with Crippen molar-refractivity contribution in [2.24, 2.45) is 0 Å². The van der Waals surface area contributed by atoms with Crippen molar-refractivity contribution in [2.45, 2.75) is 46.2 Å². The van der Waals surface area contributed by atoms with Crippen LogP contribution in [0, 0.1) is 0 Å². The molecule has 2 rings (SSSR count). The molecule has 2 N–H and O–H groups in total. The average Bonchev–Trinajstić information content (AvgIpc) is 2.97. The van der Waals surface area contributed by atoms with E-state index in [9.17, 15) is 4.79 Å². The predicted octanol–water partition coefficient (Wildman–Crippen LogP) is 2.84. The molecule has 0 radical (unpaired) electrons. The minimum absolute atomic E-state index is 0.0454. The van der Waals surface area contributed by atoms with Crippen molar-refractivity contribution in [1.29, 1.82) is 0 Å². The van der Waals surface area contributed by atoms with Crippen LogP contribution in [-0.2, 0) is 25.9 Å². The minimum atomic E-state index is 0.0454. The lowest BCUT2D eigenvalue weighted by Crippen LogP contribution is -3.04. The molecule has 0 unspecified atom stereocenters. The number of rotatable bonds is 8. The summed E-state index contributed by atoms with van der Waals surface area (Å²) in [5, 5.41) is 3.10. The Morgan fingerprint density at radius 1 is 1.12 bits per heavy atom. The smallest absolute Gasteiger partial charge is 0.261 e. The fourth-order valence-electron chi connectivity index (χ4n) is 2.86. The molecule has 1 heterocycles. The van der Waals surface area contributed by atoms with Gasteiger partial charge in [-0.1, -0.05) is 44.5 Å². The van der Waals surface area contributed by atoms with Crippen LogP contribution >= 0.6 is 11.3 Å². The molecule has 0 bridgehead atoms. The molecule has 0 saturated heterocycles. The summed E-state index contributed by atoms with van der Waals surface area (Å²) in [5.74, 6) is 0.0454. The van der Waals surface area contributed by atoms with Crippen molar-refractivity contribution in [2.75, 3.05) is 14.1 Å². The van der Waals surface area contributed by atoms with Crippen molar-refractivity contribution >= 4 is 17.2 Å². The number of nitrogens with one attached hydrogen (secondary N) is 2. The minimum Gasteiger partial charge on any atom is -0.347 e. The normalized spacial score (nSPS) is 11.0. The standard InChI is InChI=1S/C20H28N2OS/c1-5-9-18-15(6-2)12-19(24-18)20(23)21-13-16-10-7-8-11-17(16)14-22(3)4/h7-8,10-12H,5-6,9,13-14H2,1-4H3,(H,21,23)/p+1. The van der Waals surface area contributed by atoms with E-state index in [1.165, 1.54) is 26.5 Å². The van der Waals surface area contributed by atoms with Gasteiger partial charge in [-0.15, -0.1) is 11.3 Å². The van der Waals surface area contributed by atoms with E-state index in [2.05, 4.69) is 57.5 Å². The zero-order valence-corrected chi connectivity index (χ0v) is 16.1. The molecule has 1 amide bonds. The highest BCUT2D eigenvalue weighted by atomic mass is 32.1. The Morgan fingerprint density at radius 2 is 1.83 bits per heavy atom. The summed E-state index contributed by atoms with van der Waals surface area (Å²) in [7, 11) is 4.28. The third kappa shape index (κ3) is 4.92. The summed E-state index contributed by atoms with van der Waals surface area (Å²) in [6.07, 6.45) is 3.18. The molecule has 0 aliphatic rings. The second-order valence-corrected chi connectivity index (χ2v) is 7.63. The van der Waals surface area contributed by atoms with Crippen molar-refractivity contribution in [3.8, 4) is 0 Å². The maximum Gasteiger partial charge on any atom is 0.261 e. The van der Waals surface area contributed by atoms with Gasteiger partial charge in [0.15, 0.2) is 0 Å². The highest BCUT2D eigenvalue weighted by Crippen LogP contribution is 2.24. The first-order valence-electron chi connectivity index (χ1n) is 8.80. The lowest BCUT2D eigenvalue weighted by Gasteiger charge is -2.12. The third-order valence-corrected chi connectivity index (χ3v) is 5.32. The Kier molecular flexibility index (Phi) is 7.00. The molecule has 130 valence electrons. The van der Waals surface area contributed by atoms with Crippen LogP contribution in [0.5, 0.6) is 0 Å². The molecular weight excluding hydrogens is 316 g/mol. The lowest BCUT2D eigenvalue weighted by molar-refractivity contribution is -0.872. The van der Waals surface area contributed by atoms with E-state index in [0.29, 0.717) is 6.54 Å². The van der Waals surface area contributed by atoms with Crippen LogP contribution in [0.2, 0.25) is 0 Å². The van der Waals surface area contributed by atoms with Gasteiger partial charge in [-0.3, -0.25) is 4.79 Å². The first-order chi connectivity index (χ1) is 11.5. The second kappa shape index (κ2) is 9.00. The van der Waals surface area contributed by atoms with Crippen LogP contribution in [0.1, 0.15) is 51.5 Å². The summed E-state index contributed by atoms with van der Waals surface area (Å²) in [4.78, 5) is 16.1. The molecular formula is C20H29N2OS+. The fraction of sp³-hybridized carbons (Fsp3) is 0.450. The fourth-order valence-corrected chi connectivity index (χ4v) is 4.13. The van der Waals surface area contributed by atoms with Crippen molar-refractivity contribution in [3.63, 3.8) is 0 Å². The number of hydrogen-bond acceptors (Lipinski definition) is 2. The monoisotopic (exact) mass is 345 g/mol. The number of amides is 1. The summed E-state index contributed by atoms with van der Waals surface area (Å²) in [6, 6.07) is 10.4. The maximum atomic E-state index is 12.5. The molecule has 0 fully saturated rings. The van der Waals surface area contributed by atoms with E-state index in [4.69, 9.17) is 0 Å². The van der Waals surface area contributed by atoms with Gasteiger partial charge in [0, 0.05) is 17.0 Å². The van der Waals surface area contributed by atoms with Gasteiger partial charge in [0.25, 0.3) is 5.91 Å². The molecule has 2 aromatic rings. The molecule has 0 spiro atoms. The van der Waals surface area contributed by atoms with Crippen molar-refractivity contribution < 1.29 is 9.69 Å². The van der Waals surface area contributed by atoms with Gasteiger partial charge in [-0.2, -0.15) is 0 Å². The van der Waals surface area contributed by atoms with Gasteiger partial charge >= 0.3 is 0 Å². The average molecular weight is 346 g/mol. The number of quaternary nitrogens is 1. The highest BCUT2D eigenvalue weighted by molar-refractivity contribution is 7.14. The largest absolute Gasteiger partial charge is 0.347 e. The molecule has 0 atom stereocenters. The van der Waals surface area contributed by atoms with Crippen LogP contribution in [0.3, 0.4) is 0 Å². The van der Waals surface area contributed by atoms with E-state index in [-0.39, 0.29) is 5.91 Å². The van der Waals surface area contributed by atoms with Crippen LogP contribution in [-0.4, -0.2) is 20.0 Å². The quantitative estimate of drug-likeness (QED) is 0.758. The topological polar surface area (TPSA) is 33.5 Å². The SMILES string of the molecule is CCCc1sc(C(=O)NCc2ccccc2C[NH+](C)C)cc1CC. The molecule has 4 heteroatoms. The summed E-state index contributed by atoms with van der Waals surface area (Å²) in [6.45, 7) is 5.89. The second-order valence-electron chi connectivity index (χ2n) is 6.50. The van der Waals surface area contributed by atoms with E-state index >= 15 is 0 Å². The number of hydrogen-bond donors (Lipinski definition) is 2. The number of benzene rings is 1. The highest BCUT2D eigenvalue weighted by Gasteiger charge is 2.14. The van der Waals surface area contributed by atoms with Crippen LogP contribution in [0.25, 0.3) is 0 Å². The number of thiophene rings is 1. The number of aryl methyl sites for hydroxylation is 2. The van der Waals surface area contributed by atoms with E-state index < -0.39 is 0 Å². The lowest BCUT2D eigenvalue weighted by atomic mass is 10.1. The van der Waals surface area contributed by atoms with Gasteiger partial charge in [0.1, 0.15) is 6.54 Å². The Hall–Kier alpha value is -1.65. The zero-order valence-electron chi connectivity index (χ0n) is 15.2. The Bertz CT molecular complexity index is 676. The van der Waals surface area contributed by atoms with Gasteiger partial charge < -0.3 is 10.2 Å². The van der Waals surface area contributed by atoms with Gasteiger partial charge in [-0.25, -0.2) is 0 Å². The molecule has 0 aliphatic carbocycles. The Morgan fingerprint density at radius 3 is 2.46 bits per heavy atom. The maximum absolute atomic E-state index is 12.5. The number of carbonyl (C=O) groups is 1. The molecule has 0 saturated carbocycles. The van der Waals surface area contributed by atoms with Gasteiger partial charge in [0.05, 0.1) is 19.0 Å². The molecule has 1 aromatic carbocycles. The molecule has 24 heavy (non-hydrogen) atoms. The summed E-state index contributed by atoms with van der Waals surface area (Å²) < 4.78 is 0. The van der Waals surface area contributed by atoms with Crippen LogP contribution in [0.4, 0.5) is 0 Å². The van der Waals surface area contributed by atoms with E-state index in [0.717, 1.165) is 30.7 Å². The van der Waals surface area contributed by atoms with Crippen molar-refractivity contribution in [3.05, 3.63) is 56.8 Å². The van der Waals surface area contributed by atoms with Gasteiger partial charge in [0.2, 0.25) is 0 Å². The Balaban J connectivity index is 2.06. The van der Waals surface area contributed by atoms with Crippen LogP contribution in [0.15, 0.2) is 30.3 Å². The molecule has 1 aromatic heterocycles. The van der Waals surface area contributed by atoms with Crippen LogP contribution < -0.4 is 10.2 Å². The summed E-state index contributed by atoms with van der Waals surface area (Å²) >= 11 is 1.65. The third-order valence-electron chi connectivity index (χ3n) is 4.08. The van der Waals surface area contributed by atoms with Gasteiger partial charge in [-0.05, 0) is 30.0 Å². The zero-order chi connectivity index (χ0) is 17.5. The predicted molar refractivity (Wildman–Crippen MR) is 102 cm³/mol.